The van der Waals surface area contributed by atoms with Gasteiger partial charge in [-0.15, -0.1) is 0 Å². The molecule has 7 heteroatoms. The summed E-state index contributed by atoms with van der Waals surface area (Å²) in [6, 6.07) is 16.2. The molecule has 0 aliphatic heterocycles. The highest BCUT2D eigenvalue weighted by molar-refractivity contribution is 9.10. The summed E-state index contributed by atoms with van der Waals surface area (Å²) in [7, 11) is 0. The molecule has 150 valence electrons. The van der Waals surface area contributed by atoms with Crippen molar-refractivity contribution < 1.29 is 9.53 Å². The number of hydrogen-bond donors (Lipinski definition) is 1. The lowest BCUT2D eigenvalue weighted by molar-refractivity contribution is -0.115. The zero-order chi connectivity index (χ0) is 21.0. The number of halogens is 4. The van der Waals surface area contributed by atoms with Crippen LogP contribution in [0.2, 0.25) is 15.1 Å². The number of amides is 1. The summed E-state index contributed by atoms with van der Waals surface area (Å²) in [6.45, 7) is 2.03. The molecule has 3 nitrogen and oxygen atoms in total. The Kier molecular flexibility index (Phi) is 7.47. The third kappa shape index (κ3) is 5.67. The summed E-state index contributed by atoms with van der Waals surface area (Å²) in [5.41, 5.74) is 2.38. The van der Waals surface area contributed by atoms with Gasteiger partial charge < -0.3 is 10.1 Å². The molecular weight excluding hydrogens is 497 g/mol. The number of nitrogens with one attached hydrogen (secondary N) is 1. The van der Waals surface area contributed by atoms with Gasteiger partial charge >= 0.3 is 0 Å². The molecule has 3 aromatic rings. The van der Waals surface area contributed by atoms with Crippen molar-refractivity contribution in [3.8, 4) is 11.5 Å². The van der Waals surface area contributed by atoms with Crippen molar-refractivity contribution in [3.63, 3.8) is 0 Å². The molecule has 0 fully saturated rings. The van der Waals surface area contributed by atoms with E-state index in [1.54, 1.807) is 24.3 Å². The number of anilines is 1. The van der Waals surface area contributed by atoms with E-state index in [-0.39, 0.29) is 12.3 Å². The SMILES string of the molecule is CCc1ccc(CC(=O)Nc2ccccc2Cl)cc1Oc1cc(Cl)cc(Br)c1Cl. The van der Waals surface area contributed by atoms with Gasteiger partial charge in [0, 0.05) is 15.6 Å². The van der Waals surface area contributed by atoms with Crippen molar-refractivity contribution in [2.45, 2.75) is 19.8 Å². The molecule has 1 N–H and O–H groups in total. The molecule has 0 saturated heterocycles. The largest absolute Gasteiger partial charge is 0.455 e. The van der Waals surface area contributed by atoms with Crippen LogP contribution in [0.15, 0.2) is 59.1 Å². The Bertz CT molecular complexity index is 1060. The first-order valence-electron chi connectivity index (χ1n) is 8.86. The third-order valence-electron chi connectivity index (χ3n) is 4.20. The van der Waals surface area contributed by atoms with Gasteiger partial charge in [0.25, 0.3) is 0 Å². The summed E-state index contributed by atoms with van der Waals surface area (Å²) in [5, 5.41) is 4.25. The lowest BCUT2D eigenvalue weighted by atomic mass is 10.1. The molecule has 0 saturated carbocycles. The van der Waals surface area contributed by atoms with Crippen molar-refractivity contribution >= 4 is 62.3 Å². The second-order valence-corrected chi connectivity index (χ2v) is 8.38. The Morgan fingerprint density at radius 2 is 1.79 bits per heavy atom. The number of rotatable bonds is 6. The number of para-hydroxylation sites is 1. The zero-order valence-corrected chi connectivity index (χ0v) is 19.3. The summed E-state index contributed by atoms with van der Waals surface area (Å²) in [5.74, 6) is 0.904. The number of carbonyl (C=O) groups is 1. The number of carbonyl (C=O) groups excluding carboxylic acids is 1. The molecular formula is C22H17BrCl3NO2. The van der Waals surface area contributed by atoms with E-state index < -0.39 is 0 Å². The molecule has 0 spiro atoms. The highest BCUT2D eigenvalue weighted by atomic mass is 79.9. The van der Waals surface area contributed by atoms with Crippen LogP contribution < -0.4 is 10.1 Å². The van der Waals surface area contributed by atoms with Crippen molar-refractivity contribution in [2.75, 3.05) is 5.32 Å². The maximum Gasteiger partial charge on any atom is 0.228 e. The number of benzene rings is 3. The topological polar surface area (TPSA) is 38.3 Å². The molecule has 29 heavy (non-hydrogen) atoms. The average molecular weight is 514 g/mol. The quantitative estimate of drug-likeness (QED) is 0.340. The fourth-order valence-electron chi connectivity index (χ4n) is 2.76. The van der Waals surface area contributed by atoms with E-state index in [1.165, 1.54) is 0 Å². The average Bonchev–Trinajstić information content (AvgIpc) is 2.68. The smallest absolute Gasteiger partial charge is 0.228 e. The van der Waals surface area contributed by atoms with Crippen LogP contribution in [0, 0.1) is 0 Å². The van der Waals surface area contributed by atoms with Crippen molar-refractivity contribution in [1.29, 1.82) is 0 Å². The first kappa shape index (κ1) is 22.0. The molecule has 3 rings (SSSR count). The Morgan fingerprint density at radius 1 is 1.03 bits per heavy atom. The van der Waals surface area contributed by atoms with Gasteiger partial charge in [0.2, 0.25) is 5.91 Å². The minimum atomic E-state index is -0.170. The van der Waals surface area contributed by atoms with E-state index >= 15 is 0 Å². The van der Waals surface area contributed by atoms with E-state index in [0.29, 0.717) is 36.7 Å². The molecule has 0 aliphatic rings. The van der Waals surface area contributed by atoms with Gasteiger partial charge in [-0.3, -0.25) is 4.79 Å². The van der Waals surface area contributed by atoms with E-state index in [4.69, 9.17) is 39.5 Å². The molecule has 0 bridgehead atoms. The van der Waals surface area contributed by atoms with Crippen LogP contribution in [0.5, 0.6) is 11.5 Å². The third-order valence-corrected chi connectivity index (χ3v) is 6.00. The van der Waals surface area contributed by atoms with E-state index in [9.17, 15) is 4.79 Å². The molecule has 0 radical (unpaired) electrons. The number of ether oxygens (including phenoxy) is 1. The van der Waals surface area contributed by atoms with Gasteiger partial charge in [-0.2, -0.15) is 0 Å². The molecule has 0 unspecified atom stereocenters. The maximum absolute atomic E-state index is 12.4. The van der Waals surface area contributed by atoms with Crippen molar-refractivity contribution in [2.24, 2.45) is 0 Å². The molecule has 0 aromatic heterocycles. The van der Waals surface area contributed by atoms with Gasteiger partial charge in [-0.1, -0.05) is 66.0 Å². The summed E-state index contributed by atoms with van der Waals surface area (Å²) in [4.78, 5) is 12.4. The van der Waals surface area contributed by atoms with Crippen LogP contribution in [0.4, 0.5) is 5.69 Å². The van der Waals surface area contributed by atoms with E-state index in [2.05, 4.69) is 21.2 Å². The first-order chi connectivity index (χ1) is 13.9. The van der Waals surface area contributed by atoms with Crippen LogP contribution in [0.1, 0.15) is 18.1 Å². The van der Waals surface area contributed by atoms with Gasteiger partial charge in [0.05, 0.1) is 22.2 Å². The second kappa shape index (κ2) is 9.86. The highest BCUT2D eigenvalue weighted by Crippen LogP contribution is 2.39. The standard InChI is InChI=1S/C22H17BrCl3NO2/c1-2-14-8-7-13(10-21(28)27-18-6-4-3-5-17(18)25)9-19(14)29-20-12-15(24)11-16(23)22(20)26/h3-9,11-12H,2,10H2,1H3,(H,27,28). The molecule has 0 atom stereocenters. The minimum Gasteiger partial charge on any atom is -0.455 e. The van der Waals surface area contributed by atoms with E-state index in [1.807, 2.05) is 37.3 Å². The molecule has 0 aliphatic carbocycles. The zero-order valence-electron chi connectivity index (χ0n) is 15.4. The minimum absolute atomic E-state index is 0.170. The lowest BCUT2D eigenvalue weighted by Gasteiger charge is -2.14. The second-order valence-electron chi connectivity index (χ2n) is 6.30. The van der Waals surface area contributed by atoms with Crippen molar-refractivity contribution in [1.82, 2.24) is 0 Å². The Morgan fingerprint density at radius 3 is 2.52 bits per heavy atom. The van der Waals surface area contributed by atoms with Crippen LogP contribution in [-0.4, -0.2) is 5.91 Å². The van der Waals surface area contributed by atoms with Crippen LogP contribution in [0.3, 0.4) is 0 Å². The van der Waals surface area contributed by atoms with Crippen molar-refractivity contribution in [3.05, 3.63) is 85.3 Å². The summed E-state index contributed by atoms with van der Waals surface area (Å²) >= 11 is 21.9. The monoisotopic (exact) mass is 511 g/mol. The van der Waals surface area contributed by atoms with E-state index in [0.717, 1.165) is 17.5 Å². The predicted molar refractivity (Wildman–Crippen MR) is 124 cm³/mol. The number of hydrogen-bond acceptors (Lipinski definition) is 2. The maximum atomic E-state index is 12.4. The van der Waals surface area contributed by atoms with Gasteiger partial charge in [0.1, 0.15) is 11.5 Å². The Balaban J connectivity index is 1.82. The Hall–Kier alpha value is -1.72. The highest BCUT2D eigenvalue weighted by Gasteiger charge is 2.13. The van der Waals surface area contributed by atoms with Gasteiger partial charge in [0.15, 0.2) is 0 Å². The molecule has 3 aromatic carbocycles. The summed E-state index contributed by atoms with van der Waals surface area (Å²) < 4.78 is 6.70. The molecule has 0 heterocycles. The van der Waals surface area contributed by atoms with Crippen LogP contribution in [-0.2, 0) is 17.6 Å². The van der Waals surface area contributed by atoms with Gasteiger partial charge in [-0.25, -0.2) is 0 Å². The fourth-order valence-corrected chi connectivity index (χ4v) is 3.88. The molecule has 1 amide bonds. The predicted octanol–water partition coefficient (Wildman–Crippen LogP) is 7.95. The van der Waals surface area contributed by atoms with Crippen LogP contribution in [0.25, 0.3) is 0 Å². The Labute approximate surface area is 193 Å². The normalized spacial score (nSPS) is 10.7. The lowest BCUT2D eigenvalue weighted by Crippen LogP contribution is -2.14. The first-order valence-corrected chi connectivity index (χ1v) is 10.8. The summed E-state index contributed by atoms with van der Waals surface area (Å²) in [6.07, 6.45) is 0.944. The van der Waals surface area contributed by atoms with Gasteiger partial charge in [-0.05, 0) is 57.7 Å². The fraction of sp³-hybridized carbons (Fsp3) is 0.136. The van der Waals surface area contributed by atoms with Crippen LogP contribution >= 0.6 is 50.7 Å². The number of aryl methyl sites for hydroxylation is 1.